The molecule has 108 valence electrons. The molecule has 0 radical (unpaired) electrons. The van der Waals surface area contributed by atoms with Crippen molar-refractivity contribution in [1.29, 1.82) is 0 Å². The standard InChI is InChI=1S/C15H27N3S/c1-11(2)8-16-9-14-10-19-15(17-14)18-6-5-12(3)7-13(18)4/h10-13,16H,5-9H2,1-4H3. The van der Waals surface area contributed by atoms with E-state index in [4.69, 9.17) is 4.98 Å². The molecule has 0 bridgehead atoms. The SMILES string of the molecule is CC(C)CNCc1csc(N2CCC(C)CC2C)n1. The Balaban J connectivity index is 1.89. The molecule has 0 amide bonds. The van der Waals surface area contributed by atoms with Gasteiger partial charge in [-0.15, -0.1) is 11.3 Å². The number of aromatic nitrogens is 1. The van der Waals surface area contributed by atoms with Crippen molar-refractivity contribution in [2.75, 3.05) is 18.0 Å². The van der Waals surface area contributed by atoms with Crippen LogP contribution in [-0.2, 0) is 6.54 Å². The largest absolute Gasteiger partial charge is 0.345 e. The molecule has 2 atom stereocenters. The van der Waals surface area contributed by atoms with Crippen LogP contribution in [0.4, 0.5) is 5.13 Å². The van der Waals surface area contributed by atoms with Gasteiger partial charge in [-0.25, -0.2) is 4.98 Å². The summed E-state index contributed by atoms with van der Waals surface area (Å²) in [6.07, 6.45) is 2.59. The molecule has 0 aromatic carbocycles. The van der Waals surface area contributed by atoms with Crippen molar-refractivity contribution in [3.8, 4) is 0 Å². The molecule has 2 heterocycles. The topological polar surface area (TPSA) is 28.2 Å². The van der Waals surface area contributed by atoms with E-state index in [0.717, 1.165) is 25.6 Å². The number of thiazole rings is 1. The van der Waals surface area contributed by atoms with Crippen LogP contribution in [0.5, 0.6) is 0 Å². The lowest BCUT2D eigenvalue weighted by atomic mass is 9.94. The Hall–Kier alpha value is -0.610. The van der Waals surface area contributed by atoms with Gasteiger partial charge < -0.3 is 10.2 Å². The number of hydrogen-bond donors (Lipinski definition) is 1. The maximum Gasteiger partial charge on any atom is 0.185 e. The third-order valence-corrected chi connectivity index (χ3v) is 4.71. The summed E-state index contributed by atoms with van der Waals surface area (Å²) >= 11 is 1.79. The molecule has 2 rings (SSSR count). The fourth-order valence-electron chi connectivity index (χ4n) is 2.69. The second kappa shape index (κ2) is 6.71. The van der Waals surface area contributed by atoms with Gasteiger partial charge in [-0.1, -0.05) is 20.8 Å². The molecular formula is C15H27N3S. The zero-order chi connectivity index (χ0) is 13.8. The van der Waals surface area contributed by atoms with Crippen molar-refractivity contribution < 1.29 is 0 Å². The molecular weight excluding hydrogens is 254 g/mol. The van der Waals surface area contributed by atoms with Gasteiger partial charge in [0.2, 0.25) is 0 Å². The summed E-state index contributed by atoms with van der Waals surface area (Å²) in [4.78, 5) is 7.27. The number of rotatable bonds is 5. The Morgan fingerprint density at radius 3 is 2.95 bits per heavy atom. The lowest BCUT2D eigenvalue weighted by Gasteiger charge is -2.36. The molecule has 1 N–H and O–H groups in total. The van der Waals surface area contributed by atoms with E-state index in [0.29, 0.717) is 12.0 Å². The molecule has 1 aliphatic heterocycles. The average Bonchev–Trinajstić information content (AvgIpc) is 2.77. The number of piperidine rings is 1. The molecule has 1 saturated heterocycles. The second-order valence-corrected chi connectivity index (χ2v) is 7.15. The minimum absolute atomic E-state index is 0.631. The summed E-state index contributed by atoms with van der Waals surface area (Å²) in [6.45, 7) is 12.3. The van der Waals surface area contributed by atoms with Gasteiger partial charge in [0.25, 0.3) is 0 Å². The molecule has 1 aliphatic rings. The van der Waals surface area contributed by atoms with E-state index >= 15 is 0 Å². The lowest BCUT2D eigenvalue weighted by Crippen LogP contribution is -2.40. The van der Waals surface area contributed by atoms with Crippen molar-refractivity contribution in [3.63, 3.8) is 0 Å². The molecule has 1 fully saturated rings. The third-order valence-electron chi connectivity index (χ3n) is 3.78. The van der Waals surface area contributed by atoms with Crippen LogP contribution in [0.15, 0.2) is 5.38 Å². The number of anilines is 1. The third kappa shape index (κ3) is 4.18. The van der Waals surface area contributed by atoms with Crippen LogP contribution in [0.1, 0.15) is 46.2 Å². The molecule has 0 aliphatic carbocycles. The first-order chi connectivity index (χ1) is 9.06. The monoisotopic (exact) mass is 281 g/mol. The van der Waals surface area contributed by atoms with Crippen molar-refractivity contribution in [1.82, 2.24) is 10.3 Å². The summed E-state index contributed by atoms with van der Waals surface area (Å²) in [5.41, 5.74) is 1.19. The van der Waals surface area contributed by atoms with Gasteiger partial charge in [0, 0.05) is 24.5 Å². The highest BCUT2D eigenvalue weighted by Gasteiger charge is 2.24. The highest BCUT2D eigenvalue weighted by Crippen LogP contribution is 2.29. The molecule has 1 aromatic heterocycles. The fraction of sp³-hybridized carbons (Fsp3) is 0.800. The first-order valence-electron chi connectivity index (χ1n) is 7.48. The molecule has 1 aromatic rings. The summed E-state index contributed by atoms with van der Waals surface area (Å²) in [5, 5.41) is 6.87. The van der Waals surface area contributed by atoms with Gasteiger partial charge in [0.05, 0.1) is 5.69 Å². The Morgan fingerprint density at radius 1 is 1.47 bits per heavy atom. The van der Waals surface area contributed by atoms with Gasteiger partial charge in [-0.3, -0.25) is 0 Å². The van der Waals surface area contributed by atoms with Crippen LogP contribution in [0.3, 0.4) is 0 Å². The molecule has 2 unspecified atom stereocenters. The molecule has 4 heteroatoms. The molecule has 3 nitrogen and oxygen atoms in total. The molecule has 19 heavy (non-hydrogen) atoms. The Morgan fingerprint density at radius 2 is 2.26 bits per heavy atom. The highest BCUT2D eigenvalue weighted by atomic mass is 32.1. The smallest absolute Gasteiger partial charge is 0.185 e. The summed E-state index contributed by atoms with van der Waals surface area (Å²) in [6, 6.07) is 0.631. The summed E-state index contributed by atoms with van der Waals surface area (Å²) < 4.78 is 0. The highest BCUT2D eigenvalue weighted by molar-refractivity contribution is 7.13. The average molecular weight is 281 g/mol. The minimum Gasteiger partial charge on any atom is -0.345 e. The van der Waals surface area contributed by atoms with E-state index in [2.05, 4.69) is 43.3 Å². The van der Waals surface area contributed by atoms with Crippen molar-refractivity contribution in [2.24, 2.45) is 11.8 Å². The van der Waals surface area contributed by atoms with Crippen LogP contribution in [0.2, 0.25) is 0 Å². The van der Waals surface area contributed by atoms with E-state index in [1.54, 1.807) is 11.3 Å². The predicted molar refractivity (Wildman–Crippen MR) is 83.9 cm³/mol. The van der Waals surface area contributed by atoms with Gasteiger partial charge in [-0.2, -0.15) is 0 Å². The predicted octanol–water partition coefficient (Wildman–Crippen LogP) is 3.51. The number of nitrogens with one attached hydrogen (secondary N) is 1. The second-order valence-electron chi connectivity index (χ2n) is 6.32. The molecule has 0 spiro atoms. The normalized spacial score (nSPS) is 24.2. The number of hydrogen-bond acceptors (Lipinski definition) is 4. The van der Waals surface area contributed by atoms with Crippen LogP contribution >= 0.6 is 11.3 Å². The van der Waals surface area contributed by atoms with Crippen LogP contribution in [-0.4, -0.2) is 24.1 Å². The summed E-state index contributed by atoms with van der Waals surface area (Å²) in [5.74, 6) is 1.56. The van der Waals surface area contributed by atoms with Crippen LogP contribution < -0.4 is 10.2 Å². The maximum absolute atomic E-state index is 4.79. The van der Waals surface area contributed by atoms with Crippen molar-refractivity contribution >= 4 is 16.5 Å². The maximum atomic E-state index is 4.79. The zero-order valence-corrected chi connectivity index (χ0v) is 13.5. The molecule has 0 saturated carbocycles. The summed E-state index contributed by atoms with van der Waals surface area (Å²) in [7, 11) is 0. The fourth-order valence-corrected chi connectivity index (χ4v) is 3.64. The van der Waals surface area contributed by atoms with E-state index in [1.165, 1.54) is 23.7 Å². The first kappa shape index (κ1) is 14.8. The minimum atomic E-state index is 0.631. The number of nitrogens with zero attached hydrogens (tertiary/aromatic N) is 2. The van der Waals surface area contributed by atoms with E-state index in [9.17, 15) is 0 Å². The Kier molecular flexibility index (Phi) is 5.22. The van der Waals surface area contributed by atoms with Crippen molar-refractivity contribution in [3.05, 3.63) is 11.1 Å². The van der Waals surface area contributed by atoms with Crippen LogP contribution in [0, 0.1) is 11.8 Å². The van der Waals surface area contributed by atoms with E-state index < -0.39 is 0 Å². The van der Waals surface area contributed by atoms with Gasteiger partial charge >= 0.3 is 0 Å². The van der Waals surface area contributed by atoms with Gasteiger partial charge in [-0.05, 0) is 38.1 Å². The zero-order valence-electron chi connectivity index (χ0n) is 12.6. The van der Waals surface area contributed by atoms with E-state index in [1.807, 2.05) is 0 Å². The van der Waals surface area contributed by atoms with E-state index in [-0.39, 0.29) is 0 Å². The Bertz CT molecular complexity index is 388. The lowest BCUT2D eigenvalue weighted by molar-refractivity contribution is 0.377. The van der Waals surface area contributed by atoms with Crippen LogP contribution in [0.25, 0.3) is 0 Å². The Labute approximate surface area is 121 Å². The van der Waals surface area contributed by atoms with Crippen molar-refractivity contribution in [2.45, 2.75) is 53.1 Å². The quantitative estimate of drug-likeness (QED) is 0.895. The first-order valence-corrected chi connectivity index (χ1v) is 8.36. The van der Waals surface area contributed by atoms with Gasteiger partial charge in [0.1, 0.15) is 0 Å². The van der Waals surface area contributed by atoms with Gasteiger partial charge in [0.15, 0.2) is 5.13 Å².